The van der Waals surface area contributed by atoms with Crippen molar-refractivity contribution >= 4 is 33.0 Å². The fourth-order valence-corrected chi connectivity index (χ4v) is 0. The van der Waals surface area contributed by atoms with E-state index in [0.29, 0.717) is 0 Å². The van der Waals surface area contributed by atoms with E-state index in [1.807, 2.05) is 0 Å². The molecule has 0 aromatic rings. The van der Waals surface area contributed by atoms with E-state index in [0.717, 1.165) is 0 Å². The summed E-state index contributed by atoms with van der Waals surface area (Å²) in [5.41, 5.74) is 0. The number of rotatable bonds is 0. The molecular formula is H6FeMgNaP. The van der Waals surface area contributed by atoms with Gasteiger partial charge in [-0.15, -0.1) is 0 Å². The van der Waals surface area contributed by atoms with E-state index in [-0.39, 0.29) is 83.9 Å². The van der Waals surface area contributed by atoms with Gasteiger partial charge in [-0.3, -0.25) is 0 Å². The maximum Gasteiger partial charge on any atom is 2.00 e. The van der Waals surface area contributed by atoms with E-state index in [9.17, 15) is 0 Å². The Hall–Kier alpha value is 2.72. The molecule has 0 heterocycles. The van der Waals surface area contributed by atoms with Crippen LogP contribution >= 0.6 is 9.90 Å². The Morgan fingerprint density at radius 1 is 1.25 bits per heavy atom. The van der Waals surface area contributed by atoms with Gasteiger partial charge in [-0.1, -0.05) is 0 Å². The van der Waals surface area contributed by atoms with Crippen LogP contribution in [0.4, 0.5) is 0 Å². The molecule has 1 atom stereocenters. The van der Waals surface area contributed by atoms with Crippen LogP contribution in [0.3, 0.4) is 0 Å². The SMILES string of the molecule is P.[Fe].[H-].[H-].[H-].[Mg+2].[Na+]. The Balaban J connectivity index is 0. The van der Waals surface area contributed by atoms with Gasteiger partial charge in [-0.05, 0) is 0 Å². The second kappa shape index (κ2) is 17.2. The Morgan fingerprint density at radius 2 is 1.25 bits per heavy atom. The van der Waals surface area contributed by atoms with Crippen molar-refractivity contribution in [1.29, 1.82) is 0 Å². The van der Waals surface area contributed by atoms with Crippen molar-refractivity contribution in [2.75, 3.05) is 0 Å². The third kappa shape index (κ3) is 8.83. The van der Waals surface area contributed by atoms with Gasteiger partial charge >= 0.3 is 52.6 Å². The summed E-state index contributed by atoms with van der Waals surface area (Å²) in [6, 6.07) is 0. The molecule has 0 aromatic carbocycles. The van der Waals surface area contributed by atoms with Gasteiger partial charge in [0.1, 0.15) is 0 Å². The normalized spacial score (nSPS) is 0. The van der Waals surface area contributed by atoms with E-state index in [2.05, 4.69) is 0 Å². The molecule has 22 valence electrons. The first-order valence-electron chi connectivity index (χ1n) is 0. The Morgan fingerprint density at radius 3 is 1.25 bits per heavy atom. The summed E-state index contributed by atoms with van der Waals surface area (Å²) in [6.07, 6.45) is 0. The molecule has 0 rings (SSSR count). The van der Waals surface area contributed by atoms with Crippen molar-refractivity contribution in [2.45, 2.75) is 0 Å². The van der Waals surface area contributed by atoms with Gasteiger partial charge in [0.05, 0.1) is 0 Å². The first-order valence-corrected chi connectivity index (χ1v) is 0. The summed E-state index contributed by atoms with van der Waals surface area (Å²) in [5.74, 6) is 0. The van der Waals surface area contributed by atoms with Crippen LogP contribution in [0.2, 0.25) is 0 Å². The second-order valence-corrected chi connectivity index (χ2v) is 0. The predicted octanol–water partition coefficient (Wildman–Crippen LogP) is -2.98. The van der Waals surface area contributed by atoms with E-state index in [1.54, 1.807) is 0 Å². The molecule has 4 heavy (non-hydrogen) atoms. The topological polar surface area (TPSA) is 0 Å². The first-order chi connectivity index (χ1) is 0. The molecule has 0 bridgehead atoms. The fraction of sp³-hybridized carbons (Fsp3) is 0. The monoisotopic (exact) mass is 140 g/mol. The van der Waals surface area contributed by atoms with Crippen LogP contribution in [-0.4, -0.2) is 23.1 Å². The minimum Gasteiger partial charge on any atom is -1.00 e. The average Bonchev–Trinajstić information content (AvgIpc) is 0. The largest absolute Gasteiger partial charge is 2.00 e. The minimum absolute atomic E-state index is 0. The van der Waals surface area contributed by atoms with Crippen molar-refractivity contribution in [2.24, 2.45) is 0 Å². The summed E-state index contributed by atoms with van der Waals surface area (Å²) in [5, 5.41) is 0. The molecule has 0 spiro atoms. The summed E-state index contributed by atoms with van der Waals surface area (Å²) in [4.78, 5) is 0. The summed E-state index contributed by atoms with van der Waals surface area (Å²) >= 11 is 0. The summed E-state index contributed by atoms with van der Waals surface area (Å²) in [7, 11) is 0. The summed E-state index contributed by atoms with van der Waals surface area (Å²) < 4.78 is 0. The third-order valence-electron chi connectivity index (χ3n) is 0. The van der Waals surface area contributed by atoms with Crippen LogP contribution in [0.25, 0.3) is 0 Å². The van der Waals surface area contributed by atoms with Gasteiger partial charge in [-0.25, -0.2) is 0 Å². The van der Waals surface area contributed by atoms with E-state index >= 15 is 0 Å². The van der Waals surface area contributed by atoms with Crippen LogP contribution in [-0.2, 0) is 17.1 Å². The average molecular weight is 140 g/mol. The summed E-state index contributed by atoms with van der Waals surface area (Å²) in [6.45, 7) is 0. The molecule has 0 aliphatic rings. The van der Waals surface area contributed by atoms with Gasteiger partial charge in [0.25, 0.3) is 0 Å². The molecule has 0 saturated carbocycles. The van der Waals surface area contributed by atoms with Gasteiger partial charge in [0.2, 0.25) is 0 Å². The second-order valence-electron chi connectivity index (χ2n) is 0. The van der Waals surface area contributed by atoms with E-state index < -0.39 is 0 Å². The molecular weight excluding hydrogens is 134 g/mol. The Kier molecular flexibility index (Phi) is 128. The minimum atomic E-state index is 0. The Labute approximate surface area is 82.9 Å². The molecule has 0 amide bonds. The quantitative estimate of drug-likeness (QED) is 0.249. The predicted molar refractivity (Wildman–Crippen MR) is 20.2 cm³/mol. The first kappa shape index (κ1) is 29.7. The van der Waals surface area contributed by atoms with Gasteiger partial charge in [-0.2, -0.15) is 9.90 Å². The van der Waals surface area contributed by atoms with Crippen molar-refractivity contribution < 1.29 is 50.9 Å². The van der Waals surface area contributed by atoms with Gasteiger partial charge in [0, 0.05) is 17.1 Å². The molecule has 0 N–H and O–H groups in total. The number of hydrogen-bond acceptors (Lipinski definition) is 0. The maximum absolute atomic E-state index is 0. The van der Waals surface area contributed by atoms with Crippen LogP contribution in [0.15, 0.2) is 0 Å². The molecule has 0 radical (unpaired) electrons. The zero-order valence-electron chi connectivity index (χ0n) is 5.77. The standard InChI is InChI=1S/Fe.Mg.Na.H3P.3H/h;;;1H3;;;/q;+2;+1;;3*-1. The number of hydrogen-bond donors (Lipinski definition) is 0. The zero-order valence-corrected chi connectivity index (χ0v) is 8.70. The fourth-order valence-electron chi connectivity index (χ4n) is 0. The van der Waals surface area contributed by atoms with Crippen molar-refractivity contribution in [3.8, 4) is 0 Å². The van der Waals surface area contributed by atoms with Crippen LogP contribution in [0.5, 0.6) is 0 Å². The zero-order chi connectivity index (χ0) is 0. The van der Waals surface area contributed by atoms with E-state index in [4.69, 9.17) is 0 Å². The molecule has 4 heteroatoms. The van der Waals surface area contributed by atoms with Gasteiger partial charge in [0.15, 0.2) is 0 Å². The molecule has 0 aliphatic carbocycles. The molecule has 0 aromatic heterocycles. The molecule has 0 nitrogen and oxygen atoms in total. The van der Waals surface area contributed by atoms with Crippen LogP contribution < -0.4 is 29.6 Å². The van der Waals surface area contributed by atoms with E-state index in [1.165, 1.54) is 0 Å². The van der Waals surface area contributed by atoms with Crippen molar-refractivity contribution in [1.82, 2.24) is 0 Å². The maximum atomic E-state index is 0. The van der Waals surface area contributed by atoms with Crippen molar-refractivity contribution in [3.63, 3.8) is 0 Å². The van der Waals surface area contributed by atoms with Crippen LogP contribution in [0, 0.1) is 0 Å². The molecule has 0 fully saturated rings. The molecule has 0 aliphatic heterocycles. The van der Waals surface area contributed by atoms with Gasteiger partial charge < -0.3 is 4.28 Å². The Bertz CT molecular complexity index is 14.9. The van der Waals surface area contributed by atoms with Crippen molar-refractivity contribution in [3.05, 3.63) is 0 Å². The molecule has 0 saturated heterocycles. The smallest absolute Gasteiger partial charge is 1.00 e. The third-order valence-corrected chi connectivity index (χ3v) is 0. The van der Waals surface area contributed by atoms with Crippen LogP contribution in [0.1, 0.15) is 4.28 Å². The molecule has 1 unspecified atom stereocenters.